The first-order valence-electron chi connectivity index (χ1n) is 8.87. The van der Waals surface area contributed by atoms with Crippen LogP contribution in [0.1, 0.15) is 42.5 Å². The largest absolute Gasteiger partial charge is 0.372 e. The lowest BCUT2D eigenvalue weighted by atomic mass is 10.0. The Labute approximate surface area is 144 Å². The smallest absolute Gasteiger partial charge is 0.251 e. The molecule has 0 bridgehead atoms. The Balaban J connectivity index is 1.40. The molecule has 1 unspecified atom stereocenters. The summed E-state index contributed by atoms with van der Waals surface area (Å²) in [6.45, 7) is 2.80. The molecule has 6 heteroatoms. The van der Waals surface area contributed by atoms with E-state index in [4.69, 9.17) is 0 Å². The van der Waals surface area contributed by atoms with Crippen molar-refractivity contribution in [2.75, 3.05) is 36.0 Å². The number of hydrogen-bond acceptors (Lipinski definition) is 4. The normalized spacial score (nSPS) is 22.7. The Morgan fingerprint density at radius 2 is 1.88 bits per heavy atom. The van der Waals surface area contributed by atoms with Gasteiger partial charge in [0.1, 0.15) is 0 Å². The second-order valence-electron chi connectivity index (χ2n) is 6.91. The lowest BCUT2D eigenvalue weighted by molar-refractivity contribution is 0.0952. The molecule has 3 rings (SSSR count). The van der Waals surface area contributed by atoms with E-state index in [9.17, 15) is 13.2 Å². The molecule has 1 N–H and O–H groups in total. The first-order chi connectivity index (χ1) is 11.5. The molecular weight excluding hydrogens is 324 g/mol. The molecule has 2 aliphatic heterocycles. The molecule has 0 spiro atoms. The van der Waals surface area contributed by atoms with Crippen LogP contribution in [0.4, 0.5) is 5.69 Å². The van der Waals surface area contributed by atoms with Gasteiger partial charge in [-0.25, -0.2) is 8.42 Å². The fourth-order valence-electron chi connectivity index (χ4n) is 3.59. The number of carbonyl (C=O) groups is 1. The highest BCUT2D eigenvalue weighted by Crippen LogP contribution is 2.23. The van der Waals surface area contributed by atoms with Gasteiger partial charge in [-0.15, -0.1) is 0 Å². The van der Waals surface area contributed by atoms with Gasteiger partial charge in [0.05, 0.1) is 11.5 Å². The Morgan fingerprint density at radius 1 is 1.17 bits per heavy atom. The zero-order valence-corrected chi connectivity index (χ0v) is 14.9. The predicted molar refractivity (Wildman–Crippen MR) is 96.2 cm³/mol. The number of anilines is 1. The third-order valence-corrected chi connectivity index (χ3v) is 6.84. The first-order valence-corrected chi connectivity index (χ1v) is 10.7. The average Bonchev–Trinajstić information content (AvgIpc) is 3.21. The summed E-state index contributed by atoms with van der Waals surface area (Å²) in [6.07, 6.45) is 4.95. The fraction of sp³-hybridized carbons (Fsp3) is 0.611. The van der Waals surface area contributed by atoms with Crippen LogP contribution in [-0.4, -0.2) is 45.5 Å². The summed E-state index contributed by atoms with van der Waals surface area (Å²) >= 11 is 0. The van der Waals surface area contributed by atoms with Gasteiger partial charge in [0.2, 0.25) is 0 Å². The Morgan fingerprint density at radius 3 is 2.50 bits per heavy atom. The summed E-state index contributed by atoms with van der Waals surface area (Å²) in [5, 5.41) is 2.93. The van der Waals surface area contributed by atoms with Crippen LogP contribution in [0, 0.1) is 5.92 Å². The number of benzene rings is 1. The van der Waals surface area contributed by atoms with E-state index < -0.39 is 9.84 Å². The maximum atomic E-state index is 12.2. The standard InChI is InChI=1S/C18H26N2O3S/c21-18(19-10-3-4-15-9-13-24(22,23)14-15)16-5-7-17(8-6-16)20-11-1-2-12-20/h5-8,15H,1-4,9-14H2,(H,19,21). The average molecular weight is 350 g/mol. The summed E-state index contributed by atoms with van der Waals surface area (Å²) in [6, 6.07) is 7.80. The molecule has 24 heavy (non-hydrogen) atoms. The SMILES string of the molecule is O=C(NCCCC1CCS(=O)(=O)C1)c1ccc(N2CCCC2)cc1. The zero-order chi connectivity index (χ0) is 17.0. The predicted octanol–water partition coefficient (Wildman–Crippen LogP) is 2.23. The number of nitrogens with one attached hydrogen (secondary N) is 1. The number of nitrogens with zero attached hydrogens (tertiary/aromatic N) is 1. The van der Waals surface area contributed by atoms with Crippen molar-refractivity contribution >= 4 is 21.4 Å². The van der Waals surface area contributed by atoms with Gasteiger partial charge in [0.25, 0.3) is 5.91 Å². The van der Waals surface area contributed by atoms with E-state index in [0.29, 0.717) is 23.6 Å². The summed E-state index contributed by atoms with van der Waals surface area (Å²) in [4.78, 5) is 14.5. The first kappa shape index (κ1) is 17.3. The number of carbonyl (C=O) groups excluding carboxylic acids is 1. The molecule has 5 nitrogen and oxygen atoms in total. The van der Waals surface area contributed by atoms with Gasteiger partial charge in [-0.1, -0.05) is 0 Å². The molecule has 1 atom stereocenters. The number of rotatable bonds is 6. The molecule has 2 saturated heterocycles. The van der Waals surface area contributed by atoms with Crippen LogP contribution < -0.4 is 10.2 Å². The summed E-state index contributed by atoms with van der Waals surface area (Å²) < 4.78 is 22.8. The van der Waals surface area contributed by atoms with Crippen LogP contribution >= 0.6 is 0 Å². The minimum atomic E-state index is -2.79. The zero-order valence-electron chi connectivity index (χ0n) is 14.0. The van der Waals surface area contributed by atoms with Crippen molar-refractivity contribution in [3.05, 3.63) is 29.8 Å². The van der Waals surface area contributed by atoms with E-state index >= 15 is 0 Å². The molecular formula is C18H26N2O3S. The van der Waals surface area contributed by atoms with Crippen LogP contribution in [0.3, 0.4) is 0 Å². The van der Waals surface area contributed by atoms with Gasteiger partial charge >= 0.3 is 0 Å². The van der Waals surface area contributed by atoms with Gasteiger partial charge in [-0.05, 0) is 62.3 Å². The van der Waals surface area contributed by atoms with E-state index in [1.165, 1.54) is 18.5 Å². The van der Waals surface area contributed by atoms with E-state index in [2.05, 4.69) is 10.2 Å². The van der Waals surface area contributed by atoms with E-state index in [1.807, 2.05) is 24.3 Å². The number of sulfone groups is 1. The van der Waals surface area contributed by atoms with Crippen molar-refractivity contribution in [1.82, 2.24) is 5.32 Å². The molecule has 0 saturated carbocycles. The van der Waals surface area contributed by atoms with Gasteiger partial charge in [-0.3, -0.25) is 4.79 Å². The molecule has 1 aromatic carbocycles. The quantitative estimate of drug-likeness (QED) is 0.799. The van der Waals surface area contributed by atoms with E-state index in [-0.39, 0.29) is 11.8 Å². The van der Waals surface area contributed by atoms with Crippen LogP contribution in [0.25, 0.3) is 0 Å². The second kappa shape index (κ2) is 7.55. The summed E-state index contributed by atoms with van der Waals surface area (Å²) in [7, 11) is -2.79. The molecule has 2 fully saturated rings. The lowest BCUT2D eigenvalue weighted by Crippen LogP contribution is -2.25. The molecule has 2 heterocycles. The van der Waals surface area contributed by atoms with Crippen molar-refractivity contribution in [3.63, 3.8) is 0 Å². The number of hydrogen-bond donors (Lipinski definition) is 1. The highest BCUT2D eigenvalue weighted by Gasteiger charge is 2.27. The molecule has 1 amide bonds. The molecule has 0 aliphatic carbocycles. The third-order valence-electron chi connectivity index (χ3n) is 5.00. The fourth-order valence-corrected chi connectivity index (χ4v) is 5.50. The molecule has 0 radical (unpaired) electrons. The highest BCUT2D eigenvalue weighted by atomic mass is 32.2. The Kier molecular flexibility index (Phi) is 5.43. The summed E-state index contributed by atoms with van der Waals surface area (Å²) in [5.74, 6) is 0.861. The van der Waals surface area contributed by atoms with Gasteiger partial charge in [0.15, 0.2) is 9.84 Å². The minimum Gasteiger partial charge on any atom is -0.372 e. The Hall–Kier alpha value is -1.56. The molecule has 0 aromatic heterocycles. The molecule has 2 aliphatic rings. The molecule has 1 aromatic rings. The lowest BCUT2D eigenvalue weighted by Gasteiger charge is -2.17. The van der Waals surface area contributed by atoms with Crippen molar-refractivity contribution in [2.45, 2.75) is 32.1 Å². The van der Waals surface area contributed by atoms with Crippen LogP contribution in [0.15, 0.2) is 24.3 Å². The second-order valence-corrected chi connectivity index (χ2v) is 9.14. The van der Waals surface area contributed by atoms with Crippen molar-refractivity contribution < 1.29 is 13.2 Å². The number of amides is 1. The summed E-state index contributed by atoms with van der Waals surface area (Å²) in [5.41, 5.74) is 1.87. The van der Waals surface area contributed by atoms with Gasteiger partial charge in [-0.2, -0.15) is 0 Å². The van der Waals surface area contributed by atoms with Crippen molar-refractivity contribution in [2.24, 2.45) is 5.92 Å². The third kappa shape index (κ3) is 4.50. The maximum Gasteiger partial charge on any atom is 0.251 e. The molecule has 132 valence electrons. The maximum absolute atomic E-state index is 12.2. The monoisotopic (exact) mass is 350 g/mol. The topological polar surface area (TPSA) is 66.5 Å². The van der Waals surface area contributed by atoms with Crippen LogP contribution in [0.2, 0.25) is 0 Å². The highest BCUT2D eigenvalue weighted by molar-refractivity contribution is 7.91. The Bertz CT molecular complexity index is 664. The van der Waals surface area contributed by atoms with Crippen LogP contribution in [0.5, 0.6) is 0 Å². The van der Waals surface area contributed by atoms with Gasteiger partial charge < -0.3 is 10.2 Å². The van der Waals surface area contributed by atoms with Crippen molar-refractivity contribution in [3.8, 4) is 0 Å². The van der Waals surface area contributed by atoms with Gasteiger partial charge in [0, 0.05) is 30.9 Å². The minimum absolute atomic E-state index is 0.0537. The van der Waals surface area contributed by atoms with Crippen LogP contribution in [-0.2, 0) is 9.84 Å². The van der Waals surface area contributed by atoms with E-state index in [1.54, 1.807) is 0 Å². The van der Waals surface area contributed by atoms with E-state index in [0.717, 1.165) is 32.4 Å². The van der Waals surface area contributed by atoms with Crippen molar-refractivity contribution in [1.29, 1.82) is 0 Å².